The molecule has 0 aliphatic rings. The van der Waals surface area contributed by atoms with Crippen molar-refractivity contribution in [3.8, 4) is 0 Å². The maximum atomic E-state index is 10.2. The molecule has 1 aromatic carbocycles. The van der Waals surface area contributed by atoms with E-state index < -0.39 is 25.9 Å². The smallest absolute Gasteiger partial charge is 0.412 e. The lowest BCUT2D eigenvalue weighted by atomic mass is 10.4. The molecule has 1 atom stereocenters. The third-order valence-electron chi connectivity index (χ3n) is 2.86. The van der Waals surface area contributed by atoms with Gasteiger partial charge in [-0.1, -0.05) is 30.3 Å². The van der Waals surface area contributed by atoms with E-state index >= 15 is 0 Å². The second-order valence-electron chi connectivity index (χ2n) is 5.23. The zero-order chi connectivity index (χ0) is 15.4. The van der Waals surface area contributed by atoms with Crippen LogP contribution in [0.5, 0.6) is 0 Å². The van der Waals surface area contributed by atoms with Crippen molar-refractivity contribution in [2.24, 2.45) is 0 Å². The Hall–Kier alpha value is -0.329. The summed E-state index contributed by atoms with van der Waals surface area (Å²) in [5.74, 6) is 0. The zero-order valence-electron chi connectivity index (χ0n) is 13.0. The van der Waals surface area contributed by atoms with Crippen LogP contribution in [0.3, 0.4) is 0 Å². The second-order valence-corrected chi connectivity index (χ2v) is 14.8. The minimum absolute atomic E-state index is 0.947. The van der Waals surface area contributed by atoms with Crippen LogP contribution in [0, 0.1) is 0 Å². The van der Waals surface area contributed by atoms with Gasteiger partial charge in [0.05, 0.1) is 0 Å². The Morgan fingerprint density at radius 1 is 0.850 bits per heavy atom. The maximum Gasteiger partial charge on any atom is 0.488 e. The highest BCUT2D eigenvalue weighted by atomic mass is 28.5. The maximum absolute atomic E-state index is 10.2. The Labute approximate surface area is 124 Å². The Morgan fingerprint density at radius 2 is 1.35 bits per heavy atom. The van der Waals surface area contributed by atoms with Crippen LogP contribution in [0.2, 0.25) is 26.2 Å². The molecule has 114 valence electrons. The van der Waals surface area contributed by atoms with Gasteiger partial charge in [-0.2, -0.15) is 0 Å². The van der Waals surface area contributed by atoms with E-state index in [1.807, 2.05) is 43.4 Å². The predicted molar refractivity (Wildman–Crippen MR) is 85.2 cm³/mol. The third-order valence-corrected chi connectivity index (χ3v) is 12.3. The summed E-state index contributed by atoms with van der Waals surface area (Å²) in [5.41, 5.74) is 0. The summed E-state index contributed by atoms with van der Waals surface area (Å²) in [6.45, 7) is 7.18. The van der Waals surface area contributed by atoms with E-state index in [0.717, 1.165) is 5.19 Å². The van der Waals surface area contributed by atoms with E-state index in [1.165, 1.54) is 0 Å². The summed E-state index contributed by atoms with van der Waals surface area (Å²) >= 11 is 0. The summed E-state index contributed by atoms with van der Waals surface area (Å²) in [7, 11) is -5.20. The van der Waals surface area contributed by atoms with Crippen LogP contribution in [-0.4, -0.2) is 44.9 Å². The van der Waals surface area contributed by atoms with Crippen molar-refractivity contribution >= 4 is 31.1 Å². The Bertz CT molecular complexity index is 419. The first-order valence-electron chi connectivity index (χ1n) is 6.43. The Morgan fingerprint density at radius 3 is 1.75 bits per heavy atom. The first-order valence-corrected chi connectivity index (χ1v) is 13.8. The lowest BCUT2D eigenvalue weighted by Crippen LogP contribution is -2.63. The van der Waals surface area contributed by atoms with Gasteiger partial charge in [-0.05, 0) is 24.8 Å². The molecule has 0 fully saturated rings. The van der Waals surface area contributed by atoms with E-state index in [4.69, 9.17) is 17.1 Å². The largest absolute Gasteiger partial charge is 0.488 e. The fourth-order valence-corrected chi connectivity index (χ4v) is 11.6. The standard InChI is InChI=1S/C12H24O5Si3/c1-14-20(6,15-2)17-19(5,16-18(3,4)13)12-10-8-7-9-11-12/h7-11,13H,1-6H3. The summed E-state index contributed by atoms with van der Waals surface area (Å²) in [5, 5.41) is 0.947. The first-order chi connectivity index (χ1) is 9.14. The molecule has 0 spiro atoms. The van der Waals surface area contributed by atoms with Crippen molar-refractivity contribution in [3.05, 3.63) is 30.3 Å². The van der Waals surface area contributed by atoms with Crippen LogP contribution in [-0.2, 0) is 17.1 Å². The molecule has 0 bridgehead atoms. The van der Waals surface area contributed by atoms with Crippen LogP contribution in [0.4, 0.5) is 0 Å². The number of rotatable bonds is 7. The zero-order valence-corrected chi connectivity index (χ0v) is 16.0. The molecule has 5 nitrogen and oxygen atoms in total. The van der Waals surface area contributed by atoms with Gasteiger partial charge in [0.15, 0.2) is 0 Å². The monoisotopic (exact) mass is 332 g/mol. The molecule has 0 heterocycles. The molecule has 0 amide bonds. The normalized spacial score (nSPS) is 15.9. The molecule has 1 unspecified atom stereocenters. The van der Waals surface area contributed by atoms with Crippen LogP contribution in [0.1, 0.15) is 0 Å². The highest BCUT2D eigenvalue weighted by Gasteiger charge is 2.48. The topological polar surface area (TPSA) is 57.2 Å². The molecule has 8 heteroatoms. The van der Waals surface area contributed by atoms with Gasteiger partial charge in [0, 0.05) is 20.8 Å². The fraction of sp³-hybridized carbons (Fsp3) is 0.500. The summed E-state index contributed by atoms with van der Waals surface area (Å²) in [6.07, 6.45) is 0. The number of benzene rings is 1. The van der Waals surface area contributed by atoms with Crippen LogP contribution < -0.4 is 5.19 Å². The van der Waals surface area contributed by atoms with Gasteiger partial charge in [0.25, 0.3) is 0 Å². The van der Waals surface area contributed by atoms with Crippen LogP contribution in [0.25, 0.3) is 0 Å². The van der Waals surface area contributed by atoms with Crippen molar-refractivity contribution in [2.75, 3.05) is 14.2 Å². The van der Waals surface area contributed by atoms with Crippen molar-refractivity contribution in [2.45, 2.75) is 26.2 Å². The molecular formula is C12H24O5Si3. The summed E-state index contributed by atoms with van der Waals surface area (Å²) in [6, 6.07) is 9.69. The predicted octanol–water partition coefficient (Wildman–Crippen LogP) is 1.55. The van der Waals surface area contributed by atoms with Crippen molar-refractivity contribution < 1.29 is 21.9 Å². The highest BCUT2D eigenvalue weighted by Crippen LogP contribution is 2.20. The quantitative estimate of drug-likeness (QED) is 0.768. The molecule has 0 saturated carbocycles. The van der Waals surface area contributed by atoms with E-state index in [-0.39, 0.29) is 0 Å². The Balaban J connectivity index is 3.15. The SMILES string of the molecule is CO[Si](C)(OC)O[Si](C)(O[Si](C)(C)O)c1ccccc1. The minimum atomic E-state index is -2.81. The van der Waals surface area contributed by atoms with Crippen LogP contribution in [0.15, 0.2) is 30.3 Å². The average molecular weight is 333 g/mol. The molecule has 0 aliphatic heterocycles. The lowest BCUT2D eigenvalue weighted by Gasteiger charge is -2.37. The summed E-state index contributed by atoms with van der Waals surface area (Å²) in [4.78, 5) is 10.2. The molecule has 1 N–H and O–H groups in total. The molecule has 0 aromatic heterocycles. The third kappa shape index (κ3) is 4.90. The second kappa shape index (κ2) is 6.62. The number of hydrogen-bond acceptors (Lipinski definition) is 5. The molecule has 0 saturated heterocycles. The van der Waals surface area contributed by atoms with E-state index in [9.17, 15) is 4.80 Å². The molecule has 1 aromatic rings. The molecular weight excluding hydrogens is 308 g/mol. The van der Waals surface area contributed by atoms with Gasteiger partial charge in [-0.3, -0.25) is 0 Å². The molecule has 20 heavy (non-hydrogen) atoms. The Kier molecular flexibility index (Phi) is 5.87. The van der Waals surface area contributed by atoms with E-state index in [0.29, 0.717) is 0 Å². The van der Waals surface area contributed by atoms with Crippen LogP contribution >= 0.6 is 0 Å². The molecule has 1 rings (SSSR count). The minimum Gasteiger partial charge on any atom is -0.412 e. The van der Waals surface area contributed by atoms with Crippen molar-refractivity contribution in [1.82, 2.24) is 0 Å². The first kappa shape index (κ1) is 17.7. The number of hydrogen-bond donors (Lipinski definition) is 1. The average Bonchev–Trinajstić information content (AvgIpc) is 2.37. The van der Waals surface area contributed by atoms with Gasteiger partial charge in [0.1, 0.15) is 0 Å². The summed E-state index contributed by atoms with van der Waals surface area (Å²) < 4.78 is 23.0. The fourth-order valence-electron chi connectivity index (χ4n) is 1.88. The molecule has 0 aliphatic carbocycles. The van der Waals surface area contributed by atoms with Gasteiger partial charge < -0.3 is 21.9 Å². The van der Waals surface area contributed by atoms with Gasteiger partial charge in [0.2, 0.25) is 0 Å². The van der Waals surface area contributed by atoms with E-state index in [1.54, 1.807) is 27.3 Å². The van der Waals surface area contributed by atoms with Gasteiger partial charge in [-0.25, -0.2) is 0 Å². The van der Waals surface area contributed by atoms with E-state index in [2.05, 4.69) is 0 Å². The van der Waals surface area contributed by atoms with Gasteiger partial charge >= 0.3 is 25.9 Å². The van der Waals surface area contributed by atoms with Crippen molar-refractivity contribution in [1.29, 1.82) is 0 Å². The van der Waals surface area contributed by atoms with Crippen molar-refractivity contribution in [3.63, 3.8) is 0 Å². The van der Waals surface area contributed by atoms with Gasteiger partial charge in [-0.15, -0.1) is 0 Å². The lowest BCUT2D eigenvalue weighted by molar-refractivity contribution is 0.153. The highest BCUT2D eigenvalue weighted by molar-refractivity contribution is 6.91. The molecule has 0 radical (unpaired) electrons.